The maximum absolute atomic E-state index is 5.30. The van der Waals surface area contributed by atoms with Gasteiger partial charge < -0.3 is 10.1 Å². The van der Waals surface area contributed by atoms with Crippen molar-refractivity contribution in [1.82, 2.24) is 20.0 Å². The minimum atomic E-state index is 0.659. The molecule has 1 aromatic carbocycles. The van der Waals surface area contributed by atoms with Crippen LogP contribution in [0.2, 0.25) is 0 Å². The fourth-order valence-electron chi connectivity index (χ4n) is 2.63. The molecule has 3 aromatic rings. The van der Waals surface area contributed by atoms with Gasteiger partial charge in [0.2, 0.25) is 0 Å². The maximum atomic E-state index is 5.30. The van der Waals surface area contributed by atoms with Crippen LogP contribution in [0.4, 0.5) is 5.82 Å². The molecular weight excluding hydrogens is 302 g/mol. The van der Waals surface area contributed by atoms with Gasteiger partial charge in [0.15, 0.2) is 5.82 Å². The molecule has 1 N–H and O–H groups in total. The zero-order valence-electron chi connectivity index (χ0n) is 14.4. The van der Waals surface area contributed by atoms with E-state index in [0.717, 1.165) is 34.1 Å². The second-order valence-electron chi connectivity index (χ2n) is 5.83. The van der Waals surface area contributed by atoms with Crippen LogP contribution in [0.15, 0.2) is 36.4 Å². The summed E-state index contributed by atoms with van der Waals surface area (Å²) in [5.41, 5.74) is 4.30. The zero-order valence-corrected chi connectivity index (χ0v) is 14.4. The van der Waals surface area contributed by atoms with Gasteiger partial charge in [-0.05, 0) is 62.2 Å². The highest BCUT2D eigenvalue weighted by molar-refractivity contribution is 5.40. The Labute approximate surface area is 141 Å². The fraction of sp³-hybridized carbons (Fsp3) is 0.278. The highest BCUT2D eigenvalue weighted by atomic mass is 16.5. The molecule has 24 heavy (non-hydrogen) atoms. The summed E-state index contributed by atoms with van der Waals surface area (Å²) in [6.07, 6.45) is 0. The summed E-state index contributed by atoms with van der Waals surface area (Å²) in [5, 5.41) is 16.2. The number of benzene rings is 1. The molecule has 124 valence electrons. The quantitative estimate of drug-likeness (QED) is 0.781. The van der Waals surface area contributed by atoms with E-state index in [0.29, 0.717) is 12.4 Å². The smallest absolute Gasteiger partial charge is 0.176 e. The van der Waals surface area contributed by atoms with Gasteiger partial charge >= 0.3 is 0 Å². The molecule has 0 atom stereocenters. The van der Waals surface area contributed by atoms with E-state index in [4.69, 9.17) is 4.74 Å². The van der Waals surface area contributed by atoms with Crippen LogP contribution in [0.3, 0.4) is 0 Å². The number of hydrogen-bond donors (Lipinski definition) is 1. The van der Waals surface area contributed by atoms with Crippen molar-refractivity contribution in [2.24, 2.45) is 0 Å². The average molecular weight is 323 g/mol. The number of methoxy groups -OCH3 is 1. The van der Waals surface area contributed by atoms with Crippen LogP contribution in [0.1, 0.15) is 22.5 Å². The van der Waals surface area contributed by atoms with E-state index in [9.17, 15) is 0 Å². The molecule has 3 rings (SSSR count). The first-order valence-corrected chi connectivity index (χ1v) is 7.81. The van der Waals surface area contributed by atoms with E-state index in [1.54, 1.807) is 11.8 Å². The van der Waals surface area contributed by atoms with Crippen molar-refractivity contribution in [2.45, 2.75) is 27.3 Å². The number of anilines is 1. The third-order valence-electron chi connectivity index (χ3n) is 3.70. The summed E-state index contributed by atoms with van der Waals surface area (Å²) in [6, 6.07) is 12.0. The standard InChI is InChI=1S/C18H21N5O/c1-12-7-15(10-16(8-12)24-4)11-19-17-5-6-18(21-20-17)23-14(3)9-13(2)22-23/h5-10H,11H2,1-4H3,(H,19,20). The topological polar surface area (TPSA) is 64.9 Å². The van der Waals surface area contributed by atoms with Crippen LogP contribution in [0, 0.1) is 20.8 Å². The van der Waals surface area contributed by atoms with Gasteiger partial charge in [-0.3, -0.25) is 0 Å². The molecule has 0 aliphatic rings. The average Bonchev–Trinajstić information content (AvgIpc) is 2.91. The van der Waals surface area contributed by atoms with E-state index in [2.05, 4.69) is 33.6 Å². The number of aryl methyl sites for hydroxylation is 3. The SMILES string of the molecule is COc1cc(C)cc(CNc2ccc(-n3nc(C)cc3C)nn2)c1. The Morgan fingerprint density at radius 3 is 2.50 bits per heavy atom. The highest BCUT2D eigenvalue weighted by Gasteiger charge is 2.06. The molecule has 0 amide bonds. The number of aromatic nitrogens is 4. The maximum Gasteiger partial charge on any atom is 0.176 e. The minimum Gasteiger partial charge on any atom is -0.497 e. The monoisotopic (exact) mass is 323 g/mol. The van der Waals surface area contributed by atoms with Crippen LogP contribution in [-0.2, 0) is 6.54 Å². The summed E-state index contributed by atoms with van der Waals surface area (Å²) < 4.78 is 7.09. The van der Waals surface area contributed by atoms with Crippen molar-refractivity contribution in [2.75, 3.05) is 12.4 Å². The molecule has 0 aliphatic carbocycles. The van der Waals surface area contributed by atoms with E-state index < -0.39 is 0 Å². The lowest BCUT2D eigenvalue weighted by atomic mass is 10.1. The lowest BCUT2D eigenvalue weighted by Gasteiger charge is -2.09. The number of ether oxygens (including phenoxy) is 1. The molecule has 2 aromatic heterocycles. The largest absolute Gasteiger partial charge is 0.497 e. The molecule has 6 nitrogen and oxygen atoms in total. The number of nitrogens with zero attached hydrogens (tertiary/aromatic N) is 4. The summed E-state index contributed by atoms with van der Waals surface area (Å²) in [4.78, 5) is 0. The Morgan fingerprint density at radius 2 is 1.88 bits per heavy atom. The Balaban J connectivity index is 1.71. The molecule has 2 heterocycles. The molecule has 0 saturated carbocycles. The van der Waals surface area contributed by atoms with Crippen molar-refractivity contribution in [3.8, 4) is 11.6 Å². The summed E-state index contributed by atoms with van der Waals surface area (Å²) >= 11 is 0. The van der Waals surface area contributed by atoms with Crippen LogP contribution in [0.5, 0.6) is 5.75 Å². The lowest BCUT2D eigenvalue weighted by molar-refractivity contribution is 0.414. The zero-order chi connectivity index (χ0) is 17.1. The number of nitrogens with one attached hydrogen (secondary N) is 1. The van der Waals surface area contributed by atoms with Gasteiger partial charge in [0, 0.05) is 12.2 Å². The Morgan fingerprint density at radius 1 is 1.04 bits per heavy atom. The van der Waals surface area contributed by atoms with Gasteiger partial charge in [-0.1, -0.05) is 6.07 Å². The predicted octanol–water partition coefficient (Wildman–Crippen LogP) is 3.21. The van der Waals surface area contributed by atoms with Gasteiger partial charge in [-0.15, -0.1) is 10.2 Å². The van der Waals surface area contributed by atoms with E-state index in [-0.39, 0.29) is 0 Å². The molecule has 0 fully saturated rings. The predicted molar refractivity (Wildman–Crippen MR) is 93.7 cm³/mol. The molecule has 0 aliphatic heterocycles. The van der Waals surface area contributed by atoms with Gasteiger partial charge in [-0.25, -0.2) is 4.68 Å². The van der Waals surface area contributed by atoms with E-state index in [1.807, 2.05) is 44.2 Å². The number of hydrogen-bond acceptors (Lipinski definition) is 5. The lowest BCUT2D eigenvalue weighted by Crippen LogP contribution is -2.06. The normalized spacial score (nSPS) is 10.7. The minimum absolute atomic E-state index is 0.659. The second-order valence-corrected chi connectivity index (χ2v) is 5.83. The van der Waals surface area contributed by atoms with Crippen molar-refractivity contribution < 1.29 is 4.74 Å². The van der Waals surface area contributed by atoms with Gasteiger partial charge in [0.25, 0.3) is 0 Å². The van der Waals surface area contributed by atoms with Crippen molar-refractivity contribution >= 4 is 5.82 Å². The van der Waals surface area contributed by atoms with Crippen LogP contribution in [0.25, 0.3) is 5.82 Å². The van der Waals surface area contributed by atoms with Crippen molar-refractivity contribution in [3.63, 3.8) is 0 Å². The van der Waals surface area contributed by atoms with Crippen LogP contribution < -0.4 is 10.1 Å². The molecular formula is C18H21N5O. The summed E-state index contributed by atoms with van der Waals surface area (Å²) in [5.74, 6) is 2.29. The highest BCUT2D eigenvalue weighted by Crippen LogP contribution is 2.17. The first-order valence-electron chi connectivity index (χ1n) is 7.81. The summed E-state index contributed by atoms with van der Waals surface area (Å²) in [7, 11) is 1.68. The van der Waals surface area contributed by atoms with E-state index >= 15 is 0 Å². The second kappa shape index (κ2) is 6.70. The van der Waals surface area contributed by atoms with E-state index in [1.165, 1.54) is 0 Å². The van der Waals surface area contributed by atoms with Gasteiger partial charge in [-0.2, -0.15) is 5.10 Å². The van der Waals surface area contributed by atoms with Crippen LogP contribution in [-0.4, -0.2) is 27.1 Å². The third-order valence-corrected chi connectivity index (χ3v) is 3.70. The summed E-state index contributed by atoms with van der Waals surface area (Å²) in [6.45, 7) is 6.67. The Bertz CT molecular complexity index is 839. The molecule has 6 heteroatoms. The third kappa shape index (κ3) is 3.53. The first kappa shape index (κ1) is 16.0. The molecule has 0 bridgehead atoms. The molecule has 0 spiro atoms. The molecule has 0 saturated heterocycles. The molecule has 0 radical (unpaired) electrons. The van der Waals surface area contributed by atoms with Crippen molar-refractivity contribution in [1.29, 1.82) is 0 Å². The van der Waals surface area contributed by atoms with Crippen molar-refractivity contribution in [3.05, 3.63) is 58.9 Å². The Hall–Kier alpha value is -2.89. The number of rotatable bonds is 5. The fourth-order valence-corrected chi connectivity index (χ4v) is 2.63. The molecule has 0 unspecified atom stereocenters. The first-order chi connectivity index (χ1) is 11.5. The van der Waals surface area contributed by atoms with Crippen LogP contribution >= 0.6 is 0 Å². The Kier molecular flexibility index (Phi) is 4.46. The van der Waals surface area contributed by atoms with Gasteiger partial charge in [0.1, 0.15) is 11.6 Å². The van der Waals surface area contributed by atoms with Gasteiger partial charge in [0.05, 0.1) is 12.8 Å².